The van der Waals surface area contributed by atoms with E-state index in [0.717, 1.165) is 0 Å². The number of nitrogens with zero attached hydrogens (tertiary/aromatic N) is 1. The lowest BCUT2D eigenvalue weighted by Gasteiger charge is -2.35. The number of hydrogen-bond donors (Lipinski definition) is 1. The SMILES string of the molecule is COc1cc(C(=O)N2CCC(C(=O)O)C(C)C2)ccc1F. The molecule has 21 heavy (non-hydrogen) atoms. The van der Waals surface area contributed by atoms with Crippen LogP contribution in [-0.2, 0) is 4.79 Å². The maximum Gasteiger partial charge on any atom is 0.306 e. The molecule has 114 valence electrons. The van der Waals surface area contributed by atoms with E-state index in [0.29, 0.717) is 25.1 Å². The molecule has 0 aromatic heterocycles. The van der Waals surface area contributed by atoms with Gasteiger partial charge in [-0.1, -0.05) is 6.92 Å². The third kappa shape index (κ3) is 3.15. The second kappa shape index (κ2) is 6.11. The number of amides is 1. The summed E-state index contributed by atoms with van der Waals surface area (Å²) in [6.07, 6.45) is 0.431. The van der Waals surface area contributed by atoms with Gasteiger partial charge in [-0.25, -0.2) is 4.39 Å². The van der Waals surface area contributed by atoms with Crippen molar-refractivity contribution in [2.24, 2.45) is 11.8 Å². The fraction of sp³-hybridized carbons (Fsp3) is 0.467. The van der Waals surface area contributed by atoms with Gasteiger partial charge in [-0.15, -0.1) is 0 Å². The molecule has 0 spiro atoms. The Bertz CT molecular complexity index is 561. The summed E-state index contributed by atoms with van der Waals surface area (Å²) in [5.74, 6) is -2.08. The van der Waals surface area contributed by atoms with E-state index in [1.807, 2.05) is 6.92 Å². The number of methoxy groups -OCH3 is 1. The second-order valence-corrected chi connectivity index (χ2v) is 5.31. The fourth-order valence-corrected chi connectivity index (χ4v) is 2.67. The highest BCUT2D eigenvalue weighted by molar-refractivity contribution is 5.94. The molecule has 0 radical (unpaired) electrons. The predicted molar refractivity (Wildman–Crippen MR) is 73.8 cm³/mol. The van der Waals surface area contributed by atoms with Gasteiger partial charge in [0.25, 0.3) is 5.91 Å². The summed E-state index contributed by atoms with van der Waals surface area (Å²) in [5.41, 5.74) is 0.342. The third-order valence-corrected chi connectivity index (χ3v) is 3.91. The number of halogens is 1. The van der Waals surface area contributed by atoms with E-state index in [4.69, 9.17) is 9.84 Å². The molecular formula is C15H18FNO4. The van der Waals surface area contributed by atoms with Gasteiger partial charge in [-0.2, -0.15) is 0 Å². The molecule has 0 saturated carbocycles. The van der Waals surface area contributed by atoms with Crippen LogP contribution in [0.2, 0.25) is 0 Å². The zero-order chi connectivity index (χ0) is 15.6. The van der Waals surface area contributed by atoms with Gasteiger partial charge in [0.05, 0.1) is 13.0 Å². The maximum absolute atomic E-state index is 13.4. The minimum absolute atomic E-state index is 0.0225. The molecule has 5 nitrogen and oxygen atoms in total. The van der Waals surface area contributed by atoms with Crippen LogP contribution in [0.4, 0.5) is 4.39 Å². The van der Waals surface area contributed by atoms with Crippen LogP contribution in [-0.4, -0.2) is 42.1 Å². The number of likely N-dealkylation sites (tertiary alicyclic amines) is 1. The number of aliphatic carboxylic acids is 1. The van der Waals surface area contributed by atoms with Crippen LogP contribution in [0.5, 0.6) is 5.75 Å². The normalized spacial score (nSPS) is 22.0. The first-order valence-corrected chi connectivity index (χ1v) is 6.79. The lowest BCUT2D eigenvalue weighted by atomic mass is 9.87. The average Bonchev–Trinajstić information content (AvgIpc) is 2.46. The summed E-state index contributed by atoms with van der Waals surface area (Å²) < 4.78 is 18.2. The summed E-state index contributed by atoms with van der Waals surface area (Å²) in [5, 5.41) is 9.09. The predicted octanol–water partition coefficient (Wildman–Crippen LogP) is 2.02. The minimum atomic E-state index is -0.821. The molecule has 1 heterocycles. The van der Waals surface area contributed by atoms with Gasteiger partial charge in [-0.05, 0) is 30.5 Å². The van der Waals surface area contributed by atoms with Crippen LogP contribution >= 0.6 is 0 Å². The van der Waals surface area contributed by atoms with E-state index in [-0.39, 0.29) is 17.6 Å². The van der Waals surface area contributed by atoms with Crippen molar-refractivity contribution < 1.29 is 23.8 Å². The molecule has 0 aliphatic carbocycles. The van der Waals surface area contributed by atoms with Crippen LogP contribution in [0, 0.1) is 17.7 Å². The number of piperidine rings is 1. The number of carboxylic acid groups (broad SMARTS) is 1. The highest BCUT2D eigenvalue weighted by Crippen LogP contribution is 2.26. The van der Waals surface area contributed by atoms with Crippen LogP contribution < -0.4 is 4.74 Å². The summed E-state index contributed by atoms with van der Waals surface area (Å²) in [7, 11) is 1.34. The molecule has 2 atom stereocenters. The van der Waals surface area contributed by atoms with Crippen molar-refractivity contribution in [3.8, 4) is 5.75 Å². The first-order valence-electron chi connectivity index (χ1n) is 6.79. The van der Waals surface area contributed by atoms with Gasteiger partial charge >= 0.3 is 5.97 Å². The van der Waals surface area contributed by atoms with E-state index in [2.05, 4.69) is 0 Å². The summed E-state index contributed by atoms with van der Waals surface area (Å²) in [4.78, 5) is 25.1. The molecule has 1 aliphatic heterocycles. The van der Waals surface area contributed by atoms with Crippen LogP contribution in [0.3, 0.4) is 0 Å². The van der Waals surface area contributed by atoms with Gasteiger partial charge in [0.15, 0.2) is 11.6 Å². The highest BCUT2D eigenvalue weighted by atomic mass is 19.1. The van der Waals surface area contributed by atoms with Crippen molar-refractivity contribution in [2.75, 3.05) is 20.2 Å². The van der Waals surface area contributed by atoms with E-state index in [1.54, 1.807) is 4.90 Å². The molecule has 1 amide bonds. The van der Waals surface area contributed by atoms with Crippen molar-refractivity contribution in [3.05, 3.63) is 29.6 Å². The Labute approximate surface area is 122 Å². The third-order valence-electron chi connectivity index (χ3n) is 3.91. The number of ether oxygens (including phenoxy) is 1. The molecule has 1 saturated heterocycles. The zero-order valence-corrected chi connectivity index (χ0v) is 12.0. The Morgan fingerprint density at radius 1 is 1.43 bits per heavy atom. The van der Waals surface area contributed by atoms with Crippen molar-refractivity contribution in [3.63, 3.8) is 0 Å². The number of carbonyl (C=O) groups is 2. The van der Waals surface area contributed by atoms with Crippen molar-refractivity contribution in [2.45, 2.75) is 13.3 Å². The molecule has 1 fully saturated rings. The van der Waals surface area contributed by atoms with Crippen LogP contribution in [0.15, 0.2) is 18.2 Å². The van der Waals surface area contributed by atoms with Gasteiger partial charge in [-0.3, -0.25) is 9.59 Å². The van der Waals surface area contributed by atoms with E-state index >= 15 is 0 Å². The largest absolute Gasteiger partial charge is 0.494 e. The summed E-state index contributed by atoms with van der Waals surface area (Å²) >= 11 is 0. The molecule has 6 heteroatoms. The monoisotopic (exact) mass is 295 g/mol. The van der Waals surface area contributed by atoms with Gasteiger partial charge in [0, 0.05) is 18.7 Å². The molecule has 2 rings (SSSR count). The van der Waals surface area contributed by atoms with Gasteiger partial charge in [0.1, 0.15) is 0 Å². The van der Waals surface area contributed by atoms with Crippen molar-refractivity contribution in [1.82, 2.24) is 4.90 Å². The fourth-order valence-electron chi connectivity index (χ4n) is 2.67. The Kier molecular flexibility index (Phi) is 4.45. The number of benzene rings is 1. The van der Waals surface area contributed by atoms with E-state index < -0.39 is 17.7 Å². The smallest absolute Gasteiger partial charge is 0.306 e. The number of rotatable bonds is 3. The minimum Gasteiger partial charge on any atom is -0.494 e. The van der Waals surface area contributed by atoms with Gasteiger partial charge < -0.3 is 14.7 Å². The summed E-state index contributed by atoms with van der Waals surface area (Å²) in [6.45, 7) is 2.60. The Morgan fingerprint density at radius 2 is 2.14 bits per heavy atom. The number of hydrogen-bond acceptors (Lipinski definition) is 3. The number of carbonyl (C=O) groups excluding carboxylic acids is 1. The Morgan fingerprint density at radius 3 is 2.71 bits per heavy atom. The van der Waals surface area contributed by atoms with E-state index in [1.165, 1.54) is 25.3 Å². The van der Waals surface area contributed by atoms with Crippen molar-refractivity contribution in [1.29, 1.82) is 0 Å². The van der Waals surface area contributed by atoms with Crippen molar-refractivity contribution >= 4 is 11.9 Å². The molecular weight excluding hydrogens is 277 g/mol. The topological polar surface area (TPSA) is 66.8 Å². The summed E-state index contributed by atoms with van der Waals surface area (Å²) in [6, 6.07) is 3.97. The van der Waals surface area contributed by atoms with Gasteiger partial charge in [0.2, 0.25) is 0 Å². The molecule has 1 N–H and O–H groups in total. The van der Waals surface area contributed by atoms with Crippen LogP contribution in [0.1, 0.15) is 23.7 Å². The highest BCUT2D eigenvalue weighted by Gasteiger charge is 2.33. The Hall–Kier alpha value is -2.11. The van der Waals surface area contributed by atoms with E-state index in [9.17, 15) is 14.0 Å². The quantitative estimate of drug-likeness (QED) is 0.926. The molecule has 1 aromatic rings. The molecule has 2 unspecified atom stereocenters. The number of carboxylic acids is 1. The lowest BCUT2D eigenvalue weighted by Crippen LogP contribution is -2.45. The average molecular weight is 295 g/mol. The standard InChI is InChI=1S/C15H18FNO4/c1-9-8-17(6-5-11(9)15(19)20)14(18)10-3-4-12(16)13(7-10)21-2/h3-4,7,9,11H,5-6,8H2,1-2H3,(H,19,20). The molecule has 1 aliphatic rings. The zero-order valence-electron chi connectivity index (χ0n) is 12.0. The lowest BCUT2D eigenvalue weighted by molar-refractivity contribution is -0.145. The molecule has 0 bridgehead atoms. The Balaban J connectivity index is 2.13. The van der Waals surface area contributed by atoms with Crippen LogP contribution in [0.25, 0.3) is 0 Å². The molecule has 1 aromatic carbocycles. The maximum atomic E-state index is 13.4. The second-order valence-electron chi connectivity index (χ2n) is 5.31. The first kappa shape index (κ1) is 15.3. The first-order chi connectivity index (χ1) is 9.93.